The van der Waals surface area contributed by atoms with Crippen molar-refractivity contribution in [3.63, 3.8) is 0 Å². The van der Waals surface area contributed by atoms with Crippen LogP contribution in [0.3, 0.4) is 0 Å². The van der Waals surface area contributed by atoms with Crippen LogP contribution in [0.4, 0.5) is 0 Å². The van der Waals surface area contributed by atoms with Crippen LogP contribution in [0.1, 0.15) is 55.8 Å². The molecule has 7 nitrogen and oxygen atoms in total. The summed E-state index contributed by atoms with van der Waals surface area (Å²) in [6.07, 6.45) is 12.0. The molecule has 8 heteroatoms. The molecule has 1 aliphatic carbocycles. The van der Waals surface area contributed by atoms with Crippen LogP contribution < -0.4 is 9.47 Å². The Morgan fingerprint density at radius 1 is 0.927 bits per heavy atom. The molecule has 1 saturated carbocycles. The molecule has 6 rings (SSSR count). The fourth-order valence-electron chi connectivity index (χ4n) is 6.30. The summed E-state index contributed by atoms with van der Waals surface area (Å²) in [5.74, 6) is 2.74. The number of hydrogen-bond donors (Lipinski definition) is 1. The van der Waals surface area contributed by atoms with E-state index in [-0.39, 0.29) is 18.3 Å². The van der Waals surface area contributed by atoms with E-state index in [0.29, 0.717) is 0 Å². The second-order valence-electron chi connectivity index (χ2n) is 11.0. The standard InChI is InChI=1S/C24H35N3O2.C9H9NO.ClH/c1-3-25-14-16-26(17-15-25)24(28)21-18-27(13-12-19-8-5-4-6-9-19)23-20(21)10-7-11-22(23)29-2;1-11-8-4-2-3-7-5-6-10-9(7)8;/h7,10-11,18-19H,3-6,8-9,12-17H2,1-2H3;2-6,10H,1H3;1H. The van der Waals surface area contributed by atoms with Crippen molar-refractivity contribution in [3.05, 3.63) is 60.4 Å². The van der Waals surface area contributed by atoms with E-state index in [0.717, 1.165) is 78.7 Å². The third kappa shape index (κ3) is 7.02. The van der Waals surface area contributed by atoms with Gasteiger partial charge in [-0.3, -0.25) is 4.79 Å². The number of piperazine rings is 1. The van der Waals surface area contributed by atoms with Gasteiger partial charge in [-0.1, -0.05) is 63.3 Å². The van der Waals surface area contributed by atoms with Crippen LogP contribution in [0.5, 0.6) is 11.5 Å². The molecule has 41 heavy (non-hydrogen) atoms. The number of likely N-dealkylation sites (N-methyl/N-ethyl adjacent to an activating group) is 1. The largest absolute Gasteiger partial charge is 0.495 e. The Labute approximate surface area is 250 Å². The Bertz CT molecular complexity index is 1400. The molecule has 222 valence electrons. The van der Waals surface area contributed by atoms with Crippen molar-refractivity contribution in [2.24, 2.45) is 5.92 Å². The number of fused-ring (bicyclic) bond motifs is 2. The molecule has 1 saturated heterocycles. The molecule has 1 amide bonds. The zero-order valence-electron chi connectivity index (χ0n) is 24.7. The Hall–Kier alpha value is -3.16. The van der Waals surface area contributed by atoms with Gasteiger partial charge in [0.25, 0.3) is 5.91 Å². The van der Waals surface area contributed by atoms with Crippen molar-refractivity contribution in [2.75, 3.05) is 46.9 Å². The number of aromatic amines is 1. The van der Waals surface area contributed by atoms with Crippen LogP contribution >= 0.6 is 12.4 Å². The smallest absolute Gasteiger partial charge is 0.256 e. The topological polar surface area (TPSA) is 62.7 Å². The van der Waals surface area contributed by atoms with E-state index in [9.17, 15) is 4.79 Å². The number of hydrogen-bond acceptors (Lipinski definition) is 4. The Balaban J connectivity index is 0.000000270. The summed E-state index contributed by atoms with van der Waals surface area (Å²) < 4.78 is 13.1. The van der Waals surface area contributed by atoms with Crippen molar-refractivity contribution >= 4 is 40.1 Å². The molecule has 2 aliphatic rings. The van der Waals surface area contributed by atoms with Gasteiger partial charge in [0.05, 0.1) is 30.8 Å². The van der Waals surface area contributed by atoms with Gasteiger partial charge in [-0.25, -0.2) is 0 Å². The van der Waals surface area contributed by atoms with Gasteiger partial charge in [-0.15, -0.1) is 12.4 Å². The van der Waals surface area contributed by atoms with Gasteiger partial charge in [0.2, 0.25) is 0 Å². The van der Waals surface area contributed by atoms with E-state index < -0.39 is 0 Å². The minimum absolute atomic E-state index is 0. The van der Waals surface area contributed by atoms with E-state index in [2.05, 4.69) is 33.6 Å². The lowest BCUT2D eigenvalue weighted by Gasteiger charge is -2.34. The number of nitrogens with one attached hydrogen (secondary N) is 1. The molecule has 1 N–H and O–H groups in total. The molecule has 0 bridgehead atoms. The summed E-state index contributed by atoms with van der Waals surface area (Å²) in [4.78, 5) is 20.9. The number of H-pyrrole nitrogens is 1. The molecule has 2 aromatic heterocycles. The number of aromatic nitrogens is 2. The molecule has 2 fully saturated rings. The molecule has 0 spiro atoms. The van der Waals surface area contributed by atoms with Crippen LogP contribution in [0, 0.1) is 5.92 Å². The Morgan fingerprint density at radius 2 is 1.63 bits per heavy atom. The van der Waals surface area contributed by atoms with Crippen molar-refractivity contribution in [3.8, 4) is 11.5 Å². The number of amides is 1. The minimum Gasteiger partial charge on any atom is -0.495 e. The maximum absolute atomic E-state index is 13.4. The van der Waals surface area contributed by atoms with Crippen molar-refractivity contribution in [1.29, 1.82) is 0 Å². The van der Waals surface area contributed by atoms with E-state index in [1.165, 1.54) is 43.9 Å². The van der Waals surface area contributed by atoms with E-state index in [4.69, 9.17) is 9.47 Å². The fraction of sp³-hybridized carbons (Fsp3) is 0.485. The number of carbonyl (C=O) groups is 1. The highest BCUT2D eigenvalue weighted by atomic mass is 35.5. The van der Waals surface area contributed by atoms with E-state index in [1.54, 1.807) is 14.2 Å². The molecular weight excluding hydrogens is 536 g/mol. The van der Waals surface area contributed by atoms with Gasteiger partial charge in [-0.05, 0) is 37.1 Å². The van der Waals surface area contributed by atoms with E-state index in [1.807, 2.05) is 47.5 Å². The number of rotatable bonds is 7. The third-order valence-electron chi connectivity index (χ3n) is 8.69. The quantitative estimate of drug-likeness (QED) is 0.256. The van der Waals surface area contributed by atoms with E-state index >= 15 is 0 Å². The summed E-state index contributed by atoms with van der Waals surface area (Å²) in [5.41, 5.74) is 2.96. The zero-order valence-corrected chi connectivity index (χ0v) is 25.5. The van der Waals surface area contributed by atoms with Gasteiger partial charge >= 0.3 is 0 Å². The van der Waals surface area contributed by atoms with Crippen LogP contribution in [-0.4, -0.2) is 72.2 Å². The second kappa shape index (κ2) is 14.6. The first-order valence-electron chi connectivity index (χ1n) is 14.9. The summed E-state index contributed by atoms with van der Waals surface area (Å²) in [5, 5.41) is 2.21. The highest BCUT2D eigenvalue weighted by molar-refractivity contribution is 6.08. The fourth-order valence-corrected chi connectivity index (χ4v) is 6.30. The van der Waals surface area contributed by atoms with Gasteiger partial charge in [0, 0.05) is 55.9 Å². The van der Waals surface area contributed by atoms with Crippen molar-refractivity contribution < 1.29 is 14.3 Å². The molecular formula is C33H45ClN4O3. The van der Waals surface area contributed by atoms with Crippen LogP contribution in [-0.2, 0) is 6.54 Å². The summed E-state index contributed by atoms with van der Waals surface area (Å²) in [6, 6.07) is 14.1. The average molecular weight is 581 g/mol. The highest BCUT2D eigenvalue weighted by Gasteiger charge is 2.25. The predicted molar refractivity (Wildman–Crippen MR) is 170 cm³/mol. The van der Waals surface area contributed by atoms with Crippen LogP contribution in [0.25, 0.3) is 21.8 Å². The predicted octanol–water partition coefficient (Wildman–Crippen LogP) is 7.00. The molecule has 1 aliphatic heterocycles. The number of methoxy groups -OCH3 is 2. The number of benzene rings is 2. The van der Waals surface area contributed by atoms with Crippen LogP contribution in [0.2, 0.25) is 0 Å². The normalized spacial score (nSPS) is 16.2. The lowest BCUT2D eigenvalue weighted by atomic mass is 9.87. The maximum Gasteiger partial charge on any atom is 0.256 e. The number of ether oxygens (including phenoxy) is 2. The number of carbonyl (C=O) groups excluding carboxylic acids is 1. The number of nitrogens with zero attached hydrogens (tertiary/aromatic N) is 3. The zero-order chi connectivity index (χ0) is 27.9. The van der Waals surface area contributed by atoms with Gasteiger partial charge in [0.1, 0.15) is 11.5 Å². The molecule has 2 aromatic carbocycles. The molecule has 4 aromatic rings. The lowest BCUT2D eigenvalue weighted by molar-refractivity contribution is 0.0645. The summed E-state index contributed by atoms with van der Waals surface area (Å²) >= 11 is 0. The van der Waals surface area contributed by atoms with Gasteiger partial charge in [-0.2, -0.15) is 0 Å². The second-order valence-corrected chi connectivity index (χ2v) is 11.0. The highest BCUT2D eigenvalue weighted by Crippen LogP contribution is 2.33. The number of halogens is 1. The molecule has 0 atom stereocenters. The maximum atomic E-state index is 13.4. The minimum atomic E-state index is 0. The van der Waals surface area contributed by atoms with Gasteiger partial charge in [0.15, 0.2) is 0 Å². The molecule has 0 unspecified atom stereocenters. The summed E-state index contributed by atoms with van der Waals surface area (Å²) in [6.45, 7) is 7.75. The van der Waals surface area contributed by atoms with Gasteiger partial charge < -0.3 is 28.8 Å². The number of aryl methyl sites for hydroxylation is 1. The first-order chi connectivity index (χ1) is 19.6. The molecule has 3 heterocycles. The lowest BCUT2D eigenvalue weighted by Crippen LogP contribution is -2.48. The first-order valence-corrected chi connectivity index (χ1v) is 14.9. The van der Waals surface area contributed by atoms with Crippen molar-refractivity contribution in [1.82, 2.24) is 19.4 Å². The Morgan fingerprint density at radius 3 is 2.34 bits per heavy atom. The SMILES string of the molecule is CCN1CCN(C(=O)c2cn(CCC3CCCCC3)c3c(OC)cccc23)CC1.COc1cccc2cc[nH]c12.Cl. The van der Waals surface area contributed by atoms with Crippen LogP contribution in [0.15, 0.2) is 54.9 Å². The number of para-hydroxylation sites is 2. The monoisotopic (exact) mass is 580 g/mol. The summed E-state index contributed by atoms with van der Waals surface area (Å²) in [7, 11) is 3.40. The first kappa shape index (κ1) is 30.8. The third-order valence-corrected chi connectivity index (χ3v) is 8.69. The van der Waals surface area contributed by atoms with Crippen molar-refractivity contribution in [2.45, 2.75) is 52.0 Å². The average Bonchev–Trinajstić information content (AvgIpc) is 3.65. The molecule has 0 radical (unpaired) electrons. The Kier molecular flexibility index (Phi) is 11.0.